The van der Waals surface area contributed by atoms with Gasteiger partial charge in [-0.25, -0.2) is 0 Å². The van der Waals surface area contributed by atoms with E-state index in [9.17, 15) is 0 Å². The van der Waals surface area contributed by atoms with E-state index in [1.807, 2.05) is 13.0 Å². The van der Waals surface area contributed by atoms with E-state index in [4.69, 9.17) is 10.00 Å². The molecule has 0 N–H and O–H groups in total. The first-order chi connectivity index (χ1) is 7.69. The third-order valence-electron chi connectivity index (χ3n) is 3.17. The zero-order valence-electron chi connectivity index (χ0n) is 9.92. The van der Waals surface area contributed by atoms with Crippen LogP contribution in [0.25, 0.3) is 0 Å². The molecule has 1 aliphatic carbocycles. The lowest BCUT2D eigenvalue weighted by molar-refractivity contribution is 0.337. The zero-order valence-corrected chi connectivity index (χ0v) is 9.92. The van der Waals surface area contributed by atoms with Gasteiger partial charge in [-0.3, -0.25) is 0 Å². The molecule has 1 aromatic carbocycles. The van der Waals surface area contributed by atoms with Gasteiger partial charge in [-0.05, 0) is 50.3 Å². The molecule has 0 saturated heterocycles. The van der Waals surface area contributed by atoms with Gasteiger partial charge in [0.05, 0.1) is 18.1 Å². The van der Waals surface area contributed by atoms with Crippen LogP contribution in [0.4, 0.5) is 0 Å². The Morgan fingerprint density at radius 3 is 2.69 bits per heavy atom. The second kappa shape index (κ2) is 4.17. The molecule has 2 rings (SSSR count). The van der Waals surface area contributed by atoms with Gasteiger partial charge in [-0.15, -0.1) is 0 Å². The van der Waals surface area contributed by atoms with Gasteiger partial charge in [0.1, 0.15) is 5.75 Å². The summed E-state index contributed by atoms with van der Waals surface area (Å²) in [6, 6.07) is 8.66. The maximum absolute atomic E-state index is 9.05. The molecule has 0 aromatic heterocycles. The Morgan fingerprint density at radius 1 is 1.44 bits per heavy atom. The molecule has 1 aromatic rings. The molecule has 0 spiro atoms. The number of nitriles is 1. The first-order valence-corrected chi connectivity index (χ1v) is 5.83. The lowest BCUT2D eigenvalue weighted by Gasteiger charge is -2.10. The molecule has 0 unspecified atom stereocenters. The maximum Gasteiger partial charge on any atom is 0.122 e. The van der Waals surface area contributed by atoms with E-state index in [1.54, 1.807) is 0 Å². The number of rotatable bonds is 4. The van der Waals surface area contributed by atoms with Crippen molar-refractivity contribution in [3.05, 3.63) is 29.3 Å². The highest BCUT2D eigenvalue weighted by molar-refractivity contribution is 5.37. The fourth-order valence-electron chi connectivity index (χ4n) is 2.01. The molecular weight excluding hydrogens is 198 g/mol. The Balaban J connectivity index is 2.12. The van der Waals surface area contributed by atoms with Crippen LogP contribution in [0.2, 0.25) is 0 Å². The lowest BCUT2D eigenvalue weighted by atomic mass is 9.97. The number of ether oxygens (including phenoxy) is 1. The van der Waals surface area contributed by atoms with Crippen LogP contribution in [0.15, 0.2) is 18.2 Å². The molecule has 1 fully saturated rings. The average Bonchev–Trinajstić information content (AvgIpc) is 3.03. The van der Waals surface area contributed by atoms with E-state index in [0.717, 1.165) is 30.6 Å². The van der Waals surface area contributed by atoms with Crippen molar-refractivity contribution in [3.63, 3.8) is 0 Å². The monoisotopic (exact) mass is 215 g/mol. The quantitative estimate of drug-likeness (QED) is 0.772. The fraction of sp³-hybridized carbons (Fsp3) is 0.500. The van der Waals surface area contributed by atoms with Gasteiger partial charge in [0.15, 0.2) is 0 Å². The van der Waals surface area contributed by atoms with Gasteiger partial charge in [0, 0.05) is 0 Å². The van der Waals surface area contributed by atoms with Crippen molar-refractivity contribution in [3.8, 4) is 11.8 Å². The van der Waals surface area contributed by atoms with Crippen LogP contribution in [-0.2, 0) is 6.42 Å². The number of aryl methyl sites for hydroxylation is 1. The molecule has 0 heterocycles. The molecular formula is C14H17NO. The zero-order chi connectivity index (χ0) is 11.6. The second-order valence-corrected chi connectivity index (χ2v) is 4.60. The van der Waals surface area contributed by atoms with Crippen LogP contribution >= 0.6 is 0 Å². The predicted molar refractivity (Wildman–Crippen MR) is 63.3 cm³/mol. The fourth-order valence-corrected chi connectivity index (χ4v) is 2.01. The van der Waals surface area contributed by atoms with E-state index >= 15 is 0 Å². The Hall–Kier alpha value is -1.49. The Kier molecular flexibility index (Phi) is 2.87. The normalized spacial score (nSPS) is 16.6. The van der Waals surface area contributed by atoms with E-state index in [2.05, 4.69) is 25.1 Å². The first kappa shape index (κ1) is 11.0. The van der Waals surface area contributed by atoms with Crippen molar-refractivity contribution in [1.82, 2.24) is 0 Å². The van der Waals surface area contributed by atoms with Crippen molar-refractivity contribution in [2.45, 2.75) is 33.1 Å². The van der Waals surface area contributed by atoms with Gasteiger partial charge in [-0.1, -0.05) is 12.1 Å². The number of hydrogen-bond donors (Lipinski definition) is 0. The number of hydrogen-bond acceptors (Lipinski definition) is 2. The maximum atomic E-state index is 9.05. The molecule has 0 bridgehead atoms. The van der Waals surface area contributed by atoms with E-state index in [0.29, 0.717) is 6.61 Å². The molecule has 0 atom stereocenters. The van der Waals surface area contributed by atoms with E-state index in [1.165, 1.54) is 5.56 Å². The number of nitrogens with zero attached hydrogens (tertiary/aromatic N) is 1. The predicted octanol–water partition coefficient (Wildman–Crippen LogP) is 3.24. The van der Waals surface area contributed by atoms with Crippen molar-refractivity contribution in [2.24, 2.45) is 5.41 Å². The molecule has 16 heavy (non-hydrogen) atoms. The van der Waals surface area contributed by atoms with Crippen molar-refractivity contribution >= 4 is 0 Å². The molecule has 0 radical (unpaired) electrons. The van der Waals surface area contributed by atoms with Crippen LogP contribution in [0, 0.1) is 23.7 Å². The Bertz CT molecular complexity index is 427. The van der Waals surface area contributed by atoms with Crippen LogP contribution in [0.3, 0.4) is 0 Å². The summed E-state index contributed by atoms with van der Waals surface area (Å²) < 4.78 is 5.50. The van der Waals surface area contributed by atoms with Crippen LogP contribution in [0.5, 0.6) is 5.75 Å². The molecule has 2 heteroatoms. The van der Waals surface area contributed by atoms with Gasteiger partial charge in [0.2, 0.25) is 0 Å². The third-order valence-corrected chi connectivity index (χ3v) is 3.17. The molecule has 84 valence electrons. The van der Waals surface area contributed by atoms with E-state index < -0.39 is 0 Å². The summed E-state index contributed by atoms with van der Waals surface area (Å²) in [6.45, 7) is 4.74. The summed E-state index contributed by atoms with van der Waals surface area (Å²) in [5, 5.41) is 9.05. The van der Waals surface area contributed by atoms with Crippen molar-refractivity contribution in [1.29, 1.82) is 5.26 Å². The smallest absolute Gasteiger partial charge is 0.122 e. The number of benzene rings is 1. The van der Waals surface area contributed by atoms with Crippen molar-refractivity contribution in [2.75, 3.05) is 6.61 Å². The molecule has 1 saturated carbocycles. The standard InChI is InChI=1S/C14H17NO/c1-3-16-13-5-4-12(8-11(13)2)9-14(10-15)6-7-14/h4-5,8H,3,6-7,9H2,1-2H3. The van der Waals surface area contributed by atoms with Gasteiger partial charge in [-0.2, -0.15) is 5.26 Å². The minimum absolute atomic E-state index is 0.0560. The molecule has 0 aliphatic heterocycles. The summed E-state index contributed by atoms with van der Waals surface area (Å²) >= 11 is 0. The van der Waals surface area contributed by atoms with Crippen molar-refractivity contribution < 1.29 is 4.74 Å². The lowest BCUT2D eigenvalue weighted by Crippen LogP contribution is -2.02. The highest BCUT2D eigenvalue weighted by Crippen LogP contribution is 2.47. The summed E-state index contributed by atoms with van der Waals surface area (Å²) in [5.74, 6) is 0.952. The largest absolute Gasteiger partial charge is 0.494 e. The van der Waals surface area contributed by atoms with Crippen LogP contribution < -0.4 is 4.74 Å². The molecule has 2 nitrogen and oxygen atoms in total. The average molecular weight is 215 g/mol. The summed E-state index contributed by atoms with van der Waals surface area (Å²) in [6.07, 6.45) is 2.99. The van der Waals surface area contributed by atoms with Gasteiger partial charge in [0.25, 0.3) is 0 Å². The topological polar surface area (TPSA) is 33.0 Å². The Labute approximate surface area is 96.9 Å². The molecule has 1 aliphatic rings. The first-order valence-electron chi connectivity index (χ1n) is 5.83. The van der Waals surface area contributed by atoms with Gasteiger partial charge < -0.3 is 4.74 Å². The SMILES string of the molecule is CCOc1ccc(CC2(C#N)CC2)cc1C. The minimum atomic E-state index is -0.0560. The highest BCUT2D eigenvalue weighted by Gasteiger charge is 2.42. The summed E-state index contributed by atoms with van der Waals surface area (Å²) in [7, 11) is 0. The highest BCUT2D eigenvalue weighted by atomic mass is 16.5. The van der Waals surface area contributed by atoms with E-state index in [-0.39, 0.29) is 5.41 Å². The van der Waals surface area contributed by atoms with Gasteiger partial charge >= 0.3 is 0 Å². The Morgan fingerprint density at radius 2 is 2.19 bits per heavy atom. The third kappa shape index (κ3) is 2.19. The second-order valence-electron chi connectivity index (χ2n) is 4.60. The summed E-state index contributed by atoms with van der Waals surface area (Å²) in [5.41, 5.74) is 2.35. The molecule has 0 amide bonds. The van der Waals surface area contributed by atoms with Crippen LogP contribution in [0.1, 0.15) is 30.9 Å². The summed E-state index contributed by atoms with van der Waals surface area (Å²) in [4.78, 5) is 0. The minimum Gasteiger partial charge on any atom is -0.494 e. The van der Waals surface area contributed by atoms with Crippen LogP contribution in [-0.4, -0.2) is 6.61 Å².